The highest BCUT2D eigenvalue weighted by Gasteiger charge is 2.37. The third-order valence-corrected chi connectivity index (χ3v) is 9.08. The molecule has 2 aromatic rings. The molecule has 1 aromatic heterocycles. The number of benzene rings is 1. The van der Waals surface area contributed by atoms with E-state index in [0.717, 1.165) is 25.7 Å². The second kappa shape index (κ2) is 10.4. The van der Waals surface area contributed by atoms with Crippen molar-refractivity contribution in [3.63, 3.8) is 0 Å². The largest absolute Gasteiger partial charge is 0.355 e. The normalized spacial score (nSPS) is 19.0. The van der Waals surface area contributed by atoms with Crippen molar-refractivity contribution in [2.24, 2.45) is 5.92 Å². The molecule has 184 valence electrons. The number of piperidine rings is 1. The zero-order valence-electron chi connectivity index (χ0n) is 19.7. The zero-order valence-corrected chi connectivity index (χ0v) is 20.6. The van der Waals surface area contributed by atoms with Crippen LogP contribution in [0.3, 0.4) is 0 Å². The molecule has 4 rings (SSSR count). The van der Waals surface area contributed by atoms with Gasteiger partial charge in [0.1, 0.15) is 11.5 Å². The van der Waals surface area contributed by atoms with Gasteiger partial charge in [0.25, 0.3) is 0 Å². The first-order valence-electron chi connectivity index (χ1n) is 11.9. The Hall–Kier alpha value is -2.52. The maximum absolute atomic E-state index is 13.9. The van der Waals surface area contributed by atoms with Gasteiger partial charge in [-0.15, -0.1) is 0 Å². The van der Waals surface area contributed by atoms with E-state index >= 15 is 0 Å². The molecule has 0 atom stereocenters. The van der Waals surface area contributed by atoms with Gasteiger partial charge in [-0.2, -0.15) is 4.31 Å². The predicted octanol–water partition coefficient (Wildman–Crippen LogP) is 4.48. The van der Waals surface area contributed by atoms with Crippen LogP contribution in [0.2, 0.25) is 0 Å². The van der Waals surface area contributed by atoms with Crippen LogP contribution in [-0.2, 0) is 14.8 Å². The minimum atomic E-state index is -3.88. The first-order valence-corrected chi connectivity index (χ1v) is 13.4. The van der Waals surface area contributed by atoms with Crippen LogP contribution in [0.4, 0.5) is 4.39 Å². The molecule has 0 unspecified atom stereocenters. The van der Waals surface area contributed by atoms with E-state index in [0.29, 0.717) is 24.4 Å². The lowest BCUT2D eigenvalue weighted by molar-refractivity contribution is -0.138. The molecule has 2 heterocycles. The fourth-order valence-corrected chi connectivity index (χ4v) is 6.70. The number of sulfonamides is 1. The molecule has 2 fully saturated rings. The maximum atomic E-state index is 13.9. The highest BCUT2D eigenvalue weighted by atomic mass is 32.2. The monoisotopic (exact) mass is 489 g/mol. The Labute approximate surface area is 200 Å². The third-order valence-electron chi connectivity index (χ3n) is 7.02. The van der Waals surface area contributed by atoms with Crippen LogP contribution in [0.15, 0.2) is 33.7 Å². The van der Waals surface area contributed by atoms with Gasteiger partial charge in [0.2, 0.25) is 15.9 Å². The van der Waals surface area contributed by atoms with Crippen molar-refractivity contribution in [1.82, 2.24) is 14.4 Å². The summed E-state index contributed by atoms with van der Waals surface area (Å²) < 4.78 is 47.5. The van der Waals surface area contributed by atoms with Crippen molar-refractivity contribution in [2.75, 3.05) is 20.1 Å². The summed E-state index contributed by atoms with van der Waals surface area (Å²) in [4.78, 5) is 14.9. The van der Waals surface area contributed by atoms with E-state index in [2.05, 4.69) is 5.16 Å². The smallest absolute Gasteiger partial charge is 0.248 e. The lowest BCUT2D eigenvalue weighted by Crippen LogP contribution is -2.46. The van der Waals surface area contributed by atoms with Gasteiger partial charge in [-0.05, 0) is 50.8 Å². The average molecular weight is 490 g/mol. The van der Waals surface area contributed by atoms with E-state index in [1.807, 2.05) is 11.9 Å². The molecule has 1 saturated carbocycles. The zero-order chi connectivity index (χ0) is 24.3. The van der Waals surface area contributed by atoms with E-state index in [-0.39, 0.29) is 41.3 Å². The number of rotatable bonds is 6. The Bertz CT molecular complexity index is 1150. The summed E-state index contributed by atoms with van der Waals surface area (Å²) in [5.41, 5.74) is 0.574. The maximum Gasteiger partial charge on any atom is 0.248 e. The van der Waals surface area contributed by atoms with Gasteiger partial charge in [-0.1, -0.05) is 42.6 Å². The number of carbonyl (C=O) groups excluding carboxylic acids is 1. The summed E-state index contributed by atoms with van der Waals surface area (Å²) in [6, 6.07) is 6.51. The van der Waals surface area contributed by atoms with Crippen molar-refractivity contribution in [2.45, 2.75) is 62.8 Å². The molecule has 0 N–H and O–H groups in total. The van der Waals surface area contributed by atoms with E-state index in [1.165, 1.54) is 28.9 Å². The highest BCUT2D eigenvalue weighted by molar-refractivity contribution is 7.89. The molecule has 0 radical (unpaired) electrons. The van der Waals surface area contributed by atoms with Crippen LogP contribution < -0.4 is 0 Å². The second-order valence-electron chi connectivity index (χ2n) is 9.24. The number of nitrogens with zero attached hydrogens (tertiary/aromatic N) is 3. The van der Waals surface area contributed by atoms with Crippen LogP contribution >= 0.6 is 0 Å². The van der Waals surface area contributed by atoms with Gasteiger partial charge in [0.15, 0.2) is 10.7 Å². The van der Waals surface area contributed by atoms with Crippen LogP contribution in [0.1, 0.15) is 62.0 Å². The van der Waals surface area contributed by atoms with E-state index < -0.39 is 15.8 Å². The molecule has 9 heteroatoms. The fourth-order valence-electron chi connectivity index (χ4n) is 4.98. The number of aromatic nitrogens is 1. The van der Waals surface area contributed by atoms with Crippen molar-refractivity contribution in [3.05, 3.63) is 47.1 Å². The van der Waals surface area contributed by atoms with E-state index in [4.69, 9.17) is 4.52 Å². The van der Waals surface area contributed by atoms with E-state index in [9.17, 15) is 17.6 Å². The van der Waals surface area contributed by atoms with Crippen LogP contribution in [-0.4, -0.2) is 54.9 Å². The Morgan fingerprint density at radius 3 is 2.47 bits per heavy atom. The molecule has 1 aliphatic carbocycles. The summed E-state index contributed by atoms with van der Waals surface area (Å²) in [5.74, 6) is -0.388. The second-order valence-corrected chi connectivity index (χ2v) is 11.1. The lowest BCUT2D eigenvalue weighted by Gasteiger charge is -2.36. The predicted molar refractivity (Wildman–Crippen MR) is 128 cm³/mol. The van der Waals surface area contributed by atoms with Gasteiger partial charge < -0.3 is 9.42 Å². The van der Waals surface area contributed by atoms with Crippen LogP contribution in [0, 0.1) is 18.7 Å². The Morgan fingerprint density at radius 1 is 1.12 bits per heavy atom. The molecule has 0 spiro atoms. The molecule has 1 saturated heterocycles. The molecule has 1 amide bonds. The average Bonchev–Trinajstić information content (AvgIpc) is 3.24. The number of aryl methyl sites for hydroxylation is 1. The number of carbonyl (C=O) groups is 1. The fraction of sp³-hybridized carbons (Fsp3) is 0.520. The standard InChI is InChI=1S/C25H32FN3O4S/c1-18-24(23(33-27-18)13-12-19-8-6-7-11-22(19)26)34(31,32)29-16-14-20(15-17-29)25(30)28(2)21-9-4-3-5-10-21/h6-8,11-13,20-21H,3-5,9-10,14-17H2,1-2H3. The molecule has 7 nitrogen and oxygen atoms in total. The molecule has 1 aromatic carbocycles. The third kappa shape index (κ3) is 5.10. The first kappa shape index (κ1) is 24.6. The van der Waals surface area contributed by atoms with Crippen molar-refractivity contribution >= 4 is 28.1 Å². The molecule has 34 heavy (non-hydrogen) atoms. The van der Waals surface area contributed by atoms with Crippen LogP contribution in [0.25, 0.3) is 12.2 Å². The summed E-state index contributed by atoms with van der Waals surface area (Å²) in [6.07, 6.45) is 9.52. The number of halogens is 1. The van der Waals surface area contributed by atoms with E-state index in [1.54, 1.807) is 25.1 Å². The summed E-state index contributed by atoms with van der Waals surface area (Å²) in [7, 11) is -1.99. The molecule has 1 aliphatic heterocycles. The SMILES string of the molecule is Cc1noc(C=Cc2ccccc2F)c1S(=O)(=O)N1CCC(C(=O)N(C)C2CCCCC2)CC1. The molecular weight excluding hydrogens is 457 g/mol. The molecule has 0 bridgehead atoms. The van der Waals surface area contributed by atoms with Crippen molar-refractivity contribution in [3.8, 4) is 0 Å². The Kier molecular flexibility index (Phi) is 7.52. The summed E-state index contributed by atoms with van der Waals surface area (Å²) >= 11 is 0. The quantitative estimate of drug-likeness (QED) is 0.597. The van der Waals surface area contributed by atoms with Crippen LogP contribution in [0.5, 0.6) is 0 Å². The van der Waals surface area contributed by atoms with Gasteiger partial charge in [-0.25, -0.2) is 12.8 Å². The van der Waals surface area contributed by atoms with Crippen molar-refractivity contribution < 1.29 is 22.1 Å². The lowest BCUT2D eigenvalue weighted by atomic mass is 9.91. The number of hydrogen-bond acceptors (Lipinski definition) is 5. The minimum Gasteiger partial charge on any atom is -0.355 e. The number of amides is 1. The Balaban J connectivity index is 1.45. The van der Waals surface area contributed by atoms with Crippen molar-refractivity contribution in [1.29, 1.82) is 0 Å². The highest BCUT2D eigenvalue weighted by Crippen LogP contribution is 2.31. The minimum absolute atomic E-state index is 0.0100. The topological polar surface area (TPSA) is 83.7 Å². The van der Waals surface area contributed by atoms with Gasteiger partial charge >= 0.3 is 0 Å². The first-order chi connectivity index (χ1) is 16.3. The summed E-state index contributed by atoms with van der Waals surface area (Å²) in [6.45, 7) is 2.10. The summed E-state index contributed by atoms with van der Waals surface area (Å²) in [5, 5.41) is 3.84. The van der Waals surface area contributed by atoms with Gasteiger partial charge in [0.05, 0.1) is 0 Å². The number of hydrogen-bond donors (Lipinski definition) is 0. The Morgan fingerprint density at radius 2 is 1.79 bits per heavy atom. The molecule has 2 aliphatic rings. The molecular formula is C25H32FN3O4S. The van der Waals surface area contributed by atoms with Gasteiger partial charge in [-0.3, -0.25) is 4.79 Å². The van der Waals surface area contributed by atoms with Gasteiger partial charge in [0, 0.05) is 37.7 Å².